The quantitative estimate of drug-likeness (QED) is 0.680. The molecule has 0 N–H and O–H groups in total. The molecule has 0 fully saturated rings. The Labute approximate surface area is 168 Å². The zero-order chi connectivity index (χ0) is 19.6. The van der Waals surface area contributed by atoms with Gasteiger partial charge in [0.2, 0.25) is 0 Å². The molecule has 0 bridgehead atoms. The van der Waals surface area contributed by atoms with Crippen molar-refractivity contribution in [3.8, 4) is 22.8 Å². The monoisotopic (exact) mass is 393 g/mol. The number of fused-ring (bicyclic) bond motifs is 2. The summed E-state index contributed by atoms with van der Waals surface area (Å²) in [5, 5.41) is 13.2. The van der Waals surface area contributed by atoms with Crippen LogP contribution in [0, 0.1) is 0 Å². The van der Waals surface area contributed by atoms with E-state index >= 15 is 0 Å². The third-order valence-corrected chi connectivity index (χ3v) is 5.39. The molecular weight excluding hydrogens is 370 g/mol. The summed E-state index contributed by atoms with van der Waals surface area (Å²) in [7, 11) is 0. The van der Waals surface area contributed by atoms with Gasteiger partial charge in [0.05, 0.1) is 18.9 Å². The molecule has 1 aromatic carbocycles. The van der Waals surface area contributed by atoms with Crippen LogP contribution in [0.1, 0.15) is 37.3 Å². The number of nitrogens with zero attached hydrogens (tertiary/aromatic N) is 5. The summed E-state index contributed by atoms with van der Waals surface area (Å²) in [6.45, 7) is 2.48. The van der Waals surface area contributed by atoms with Crippen molar-refractivity contribution in [2.24, 2.45) is 0 Å². The molecule has 0 unspecified atom stereocenters. The van der Waals surface area contributed by atoms with Crippen LogP contribution in [0.4, 0.5) is 0 Å². The molecule has 3 aromatic rings. The summed E-state index contributed by atoms with van der Waals surface area (Å²) in [5.41, 5.74) is 1.42. The number of hydrogen-bond donors (Lipinski definition) is 0. The van der Waals surface area contributed by atoms with Gasteiger partial charge >= 0.3 is 0 Å². The van der Waals surface area contributed by atoms with Crippen LogP contribution in [0.3, 0.4) is 0 Å². The molecule has 2 aromatic heterocycles. The first-order valence-corrected chi connectivity index (χ1v) is 10.2. The zero-order valence-electron chi connectivity index (χ0n) is 16.2. The van der Waals surface area contributed by atoms with Gasteiger partial charge in [-0.25, -0.2) is 4.68 Å². The first-order chi connectivity index (χ1) is 14.3. The van der Waals surface area contributed by atoms with E-state index in [-0.39, 0.29) is 5.56 Å². The van der Waals surface area contributed by atoms with Gasteiger partial charge in [0.15, 0.2) is 17.3 Å². The Morgan fingerprint density at radius 1 is 0.931 bits per heavy atom. The Bertz CT molecular complexity index is 1090. The Kier molecular flexibility index (Phi) is 4.75. The minimum atomic E-state index is -0.158. The normalized spacial score (nSPS) is 16.0. The van der Waals surface area contributed by atoms with Crippen molar-refractivity contribution in [3.05, 3.63) is 52.3 Å². The van der Waals surface area contributed by atoms with E-state index in [1.54, 1.807) is 12.1 Å². The molecule has 0 saturated carbocycles. The predicted molar refractivity (Wildman–Crippen MR) is 106 cm³/mol. The average Bonchev–Trinajstić information content (AvgIpc) is 2.93. The second-order valence-electron chi connectivity index (χ2n) is 7.42. The van der Waals surface area contributed by atoms with Crippen LogP contribution in [0.2, 0.25) is 0 Å². The van der Waals surface area contributed by atoms with Crippen molar-refractivity contribution in [1.29, 1.82) is 0 Å². The maximum absolute atomic E-state index is 12.4. The predicted octanol–water partition coefficient (Wildman–Crippen LogP) is 2.44. The lowest BCUT2D eigenvalue weighted by atomic mass is 10.1. The Morgan fingerprint density at radius 2 is 1.83 bits per heavy atom. The van der Waals surface area contributed by atoms with Crippen molar-refractivity contribution in [2.75, 3.05) is 13.2 Å². The summed E-state index contributed by atoms with van der Waals surface area (Å²) in [4.78, 5) is 12.4. The highest BCUT2D eigenvalue weighted by Crippen LogP contribution is 2.33. The molecule has 2 aliphatic heterocycles. The smallest absolute Gasteiger partial charge is 0.267 e. The van der Waals surface area contributed by atoms with E-state index in [9.17, 15) is 4.79 Å². The molecule has 8 heteroatoms. The van der Waals surface area contributed by atoms with E-state index in [1.165, 1.54) is 11.1 Å². The summed E-state index contributed by atoms with van der Waals surface area (Å²) >= 11 is 0. The van der Waals surface area contributed by atoms with Crippen molar-refractivity contribution in [3.63, 3.8) is 0 Å². The number of ether oxygens (including phenoxy) is 2. The number of hydrogen-bond acceptors (Lipinski definition) is 6. The fraction of sp³-hybridized carbons (Fsp3) is 0.429. The molecule has 150 valence electrons. The lowest BCUT2D eigenvalue weighted by Gasteiger charge is -2.11. The van der Waals surface area contributed by atoms with E-state index < -0.39 is 0 Å². The van der Waals surface area contributed by atoms with Crippen LogP contribution < -0.4 is 15.0 Å². The number of benzene rings is 1. The van der Waals surface area contributed by atoms with E-state index in [0.29, 0.717) is 31.2 Å². The molecule has 2 aliphatic rings. The molecule has 0 aliphatic carbocycles. The van der Waals surface area contributed by atoms with Crippen LogP contribution in [-0.2, 0) is 19.5 Å². The van der Waals surface area contributed by atoms with Crippen molar-refractivity contribution >= 4 is 0 Å². The van der Waals surface area contributed by atoms with Gasteiger partial charge in [-0.05, 0) is 37.1 Å². The van der Waals surface area contributed by atoms with Gasteiger partial charge in [0.1, 0.15) is 12.4 Å². The van der Waals surface area contributed by atoms with Gasteiger partial charge in [-0.1, -0.05) is 6.42 Å². The van der Waals surface area contributed by atoms with E-state index in [0.717, 1.165) is 55.2 Å². The minimum Gasteiger partial charge on any atom is -0.490 e. The van der Waals surface area contributed by atoms with E-state index in [2.05, 4.69) is 19.9 Å². The first kappa shape index (κ1) is 17.9. The fourth-order valence-corrected chi connectivity index (χ4v) is 3.83. The highest BCUT2D eigenvalue weighted by atomic mass is 16.5. The van der Waals surface area contributed by atoms with Gasteiger partial charge in [-0.3, -0.25) is 4.79 Å². The summed E-state index contributed by atoms with van der Waals surface area (Å²) < 4.78 is 15.1. The first-order valence-electron chi connectivity index (χ1n) is 10.2. The molecule has 4 heterocycles. The SMILES string of the molecule is O=c1ccc(-c2ccc3c(c2)OCCCO3)nn1Cc1nnc2n1CCCCC2. The molecule has 0 amide bonds. The van der Waals surface area contributed by atoms with E-state index in [1.807, 2.05) is 18.2 Å². The van der Waals surface area contributed by atoms with Gasteiger partial charge in [-0.15, -0.1) is 10.2 Å². The number of aromatic nitrogens is 5. The minimum absolute atomic E-state index is 0.158. The largest absolute Gasteiger partial charge is 0.490 e. The maximum atomic E-state index is 12.4. The molecule has 29 heavy (non-hydrogen) atoms. The molecular formula is C21H23N5O3. The van der Waals surface area contributed by atoms with Gasteiger partial charge < -0.3 is 14.0 Å². The third-order valence-electron chi connectivity index (χ3n) is 5.39. The van der Waals surface area contributed by atoms with E-state index in [4.69, 9.17) is 9.47 Å². The Balaban J connectivity index is 1.46. The van der Waals surface area contributed by atoms with Crippen LogP contribution in [0.5, 0.6) is 11.5 Å². The lowest BCUT2D eigenvalue weighted by Crippen LogP contribution is -2.24. The van der Waals surface area contributed by atoms with Crippen LogP contribution in [-0.4, -0.2) is 37.8 Å². The maximum Gasteiger partial charge on any atom is 0.267 e. The second-order valence-corrected chi connectivity index (χ2v) is 7.42. The average molecular weight is 393 g/mol. The standard InChI is InChI=1S/C21H23N5O3/c27-21-9-7-16(15-6-8-17-18(13-15)29-12-4-11-28-17)24-26(21)14-20-23-22-19-5-2-1-3-10-25(19)20/h6-9,13H,1-5,10-12,14H2. The van der Waals surface area contributed by atoms with Crippen LogP contribution >= 0.6 is 0 Å². The van der Waals surface area contributed by atoms with Gasteiger partial charge in [0, 0.05) is 31.0 Å². The topological polar surface area (TPSA) is 84.1 Å². The van der Waals surface area contributed by atoms with Gasteiger partial charge in [-0.2, -0.15) is 5.10 Å². The zero-order valence-corrected chi connectivity index (χ0v) is 16.2. The third kappa shape index (κ3) is 3.62. The molecule has 0 atom stereocenters. The number of rotatable bonds is 3. The molecule has 8 nitrogen and oxygen atoms in total. The second kappa shape index (κ2) is 7.69. The summed E-state index contributed by atoms with van der Waals surface area (Å²) in [6, 6.07) is 9.04. The van der Waals surface area contributed by atoms with Crippen molar-refractivity contribution < 1.29 is 9.47 Å². The highest BCUT2D eigenvalue weighted by molar-refractivity contribution is 5.63. The molecule has 0 radical (unpaired) electrons. The molecule has 0 spiro atoms. The number of aryl methyl sites for hydroxylation is 1. The summed E-state index contributed by atoms with van der Waals surface area (Å²) in [6.07, 6.45) is 5.23. The lowest BCUT2D eigenvalue weighted by molar-refractivity contribution is 0.297. The van der Waals surface area contributed by atoms with Crippen molar-refractivity contribution in [2.45, 2.75) is 45.2 Å². The highest BCUT2D eigenvalue weighted by Gasteiger charge is 2.17. The summed E-state index contributed by atoms with van der Waals surface area (Å²) in [5.74, 6) is 3.24. The van der Waals surface area contributed by atoms with Crippen LogP contribution in [0.25, 0.3) is 11.3 Å². The molecule has 0 saturated heterocycles. The molecule has 5 rings (SSSR count). The Hall–Kier alpha value is -3.16. The van der Waals surface area contributed by atoms with Crippen molar-refractivity contribution in [1.82, 2.24) is 24.5 Å². The van der Waals surface area contributed by atoms with Gasteiger partial charge in [0.25, 0.3) is 5.56 Å². The Morgan fingerprint density at radius 3 is 2.76 bits per heavy atom. The van der Waals surface area contributed by atoms with Crippen LogP contribution in [0.15, 0.2) is 35.1 Å². The fourth-order valence-electron chi connectivity index (χ4n) is 3.83.